The van der Waals surface area contributed by atoms with Crippen LogP contribution in [0.1, 0.15) is 42.6 Å². The molecule has 16 heavy (non-hydrogen) atoms. The molecule has 1 fully saturated rings. The fourth-order valence-corrected chi connectivity index (χ4v) is 1.90. The Labute approximate surface area is 93.5 Å². The first kappa shape index (κ1) is 10.9. The van der Waals surface area contributed by atoms with E-state index >= 15 is 0 Å². The first-order chi connectivity index (χ1) is 7.77. The van der Waals surface area contributed by atoms with Crippen molar-refractivity contribution in [3.63, 3.8) is 0 Å². The van der Waals surface area contributed by atoms with Crippen molar-refractivity contribution in [3.05, 3.63) is 18.1 Å². The third kappa shape index (κ3) is 2.48. The van der Waals surface area contributed by atoms with Crippen LogP contribution in [0.5, 0.6) is 5.88 Å². The molecule has 0 aliphatic heterocycles. The minimum absolute atomic E-state index is 0.0866. The standard InChI is InChI=1S/C11H14N2O3/c14-11(15)9-10(13-7-6-12-9)16-8-4-2-1-3-5-8/h6-8H,1-5H2,(H,14,15). The summed E-state index contributed by atoms with van der Waals surface area (Å²) in [6.45, 7) is 0. The molecule has 1 aromatic rings. The van der Waals surface area contributed by atoms with E-state index in [1.807, 2.05) is 0 Å². The van der Waals surface area contributed by atoms with E-state index < -0.39 is 5.97 Å². The van der Waals surface area contributed by atoms with E-state index in [0.29, 0.717) is 0 Å². The Morgan fingerprint density at radius 2 is 1.94 bits per heavy atom. The molecule has 0 amide bonds. The lowest BCUT2D eigenvalue weighted by Gasteiger charge is -2.22. The second-order valence-corrected chi connectivity index (χ2v) is 3.89. The molecular formula is C11H14N2O3. The van der Waals surface area contributed by atoms with Crippen molar-refractivity contribution >= 4 is 5.97 Å². The van der Waals surface area contributed by atoms with Crippen molar-refractivity contribution in [3.8, 4) is 5.88 Å². The maximum atomic E-state index is 10.9. The Kier molecular flexibility index (Phi) is 3.34. The molecular weight excluding hydrogens is 208 g/mol. The molecule has 1 aliphatic rings. The SMILES string of the molecule is O=C(O)c1nccnc1OC1CCCCC1. The van der Waals surface area contributed by atoms with Gasteiger partial charge in [0.15, 0.2) is 0 Å². The lowest BCUT2D eigenvalue weighted by Crippen LogP contribution is -2.21. The molecule has 1 heterocycles. The Morgan fingerprint density at radius 1 is 1.25 bits per heavy atom. The number of aromatic carboxylic acids is 1. The van der Waals surface area contributed by atoms with E-state index in [9.17, 15) is 4.79 Å². The van der Waals surface area contributed by atoms with Gasteiger partial charge in [-0.05, 0) is 25.7 Å². The summed E-state index contributed by atoms with van der Waals surface area (Å²) in [4.78, 5) is 18.6. The van der Waals surface area contributed by atoms with Crippen LogP contribution in [-0.4, -0.2) is 27.1 Å². The van der Waals surface area contributed by atoms with Gasteiger partial charge in [0.1, 0.15) is 6.10 Å². The predicted molar refractivity (Wildman–Crippen MR) is 56.5 cm³/mol. The first-order valence-corrected chi connectivity index (χ1v) is 5.48. The molecule has 0 unspecified atom stereocenters. The van der Waals surface area contributed by atoms with Crippen molar-refractivity contribution in [2.24, 2.45) is 0 Å². The highest BCUT2D eigenvalue weighted by Crippen LogP contribution is 2.23. The van der Waals surface area contributed by atoms with Gasteiger partial charge in [-0.1, -0.05) is 6.42 Å². The summed E-state index contributed by atoms with van der Waals surface area (Å²) < 4.78 is 5.59. The maximum Gasteiger partial charge on any atom is 0.360 e. The molecule has 5 nitrogen and oxygen atoms in total. The van der Waals surface area contributed by atoms with Crippen LogP contribution in [0.2, 0.25) is 0 Å². The maximum absolute atomic E-state index is 10.9. The smallest absolute Gasteiger partial charge is 0.360 e. The Morgan fingerprint density at radius 3 is 2.62 bits per heavy atom. The zero-order valence-electron chi connectivity index (χ0n) is 8.93. The second-order valence-electron chi connectivity index (χ2n) is 3.89. The van der Waals surface area contributed by atoms with Crippen LogP contribution >= 0.6 is 0 Å². The van der Waals surface area contributed by atoms with Crippen LogP contribution in [0.25, 0.3) is 0 Å². The minimum Gasteiger partial charge on any atom is -0.476 e. The number of rotatable bonds is 3. The fourth-order valence-electron chi connectivity index (χ4n) is 1.90. The number of aromatic nitrogens is 2. The fraction of sp³-hybridized carbons (Fsp3) is 0.545. The number of hydrogen-bond acceptors (Lipinski definition) is 4. The summed E-state index contributed by atoms with van der Waals surface area (Å²) in [6.07, 6.45) is 8.32. The summed E-state index contributed by atoms with van der Waals surface area (Å²) in [7, 11) is 0. The number of carbonyl (C=O) groups is 1. The monoisotopic (exact) mass is 222 g/mol. The van der Waals surface area contributed by atoms with Gasteiger partial charge in [-0.3, -0.25) is 0 Å². The van der Waals surface area contributed by atoms with Gasteiger partial charge in [0.05, 0.1) is 0 Å². The number of nitrogens with zero attached hydrogens (tertiary/aromatic N) is 2. The van der Waals surface area contributed by atoms with Gasteiger partial charge in [0.25, 0.3) is 0 Å². The Bertz CT molecular complexity index is 375. The average Bonchev–Trinajstić information content (AvgIpc) is 2.31. The van der Waals surface area contributed by atoms with Gasteiger partial charge >= 0.3 is 5.97 Å². The minimum atomic E-state index is -1.10. The highest BCUT2D eigenvalue weighted by Gasteiger charge is 2.20. The van der Waals surface area contributed by atoms with E-state index in [2.05, 4.69) is 9.97 Å². The van der Waals surface area contributed by atoms with Crippen LogP contribution in [0, 0.1) is 0 Å². The van der Waals surface area contributed by atoms with Crippen molar-refractivity contribution in [1.29, 1.82) is 0 Å². The Hall–Kier alpha value is -1.65. The molecule has 1 aliphatic carbocycles. The average molecular weight is 222 g/mol. The molecule has 1 saturated carbocycles. The molecule has 1 N–H and O–H groups in total. The normalized spacial score (nSPS) is 17.0. The van der Waals surface area contributed by atoms with Gasteiger partial charge < -0.3 is 9.84 Å². The van der Waals surface area contributed by atoms with Crippen molar-refractivity contribution in [2.75, 3.05) is 0 Å². The quantitative estimate of drug-likeness (QED) is 0.845. The largest absolute Gasteiger partial charge is 0.476 e. The van der Waals surface area contributed by atoms with Crippen molar-refractivity contribution in [1.82, 2.24) is 9.97 Å². The van der Waals surface area contributed by atoms with Gasteiger partial charge in [0.2, 0.25) is 11.6 Å². The number of carboxylic acid groups (broad SMARTS) is 1. The van der Waals surface area contributed by atoms with E-state index in [4.69, 9.17) is 9.84 Å². The lowest BCUT2D eigenvalue weighted by atomic mass is 9.98. The molecule has 2 rings (SSSR count). The van der Waals surface area contributed by atoms with Crippen molar-refractivity contribution < 1.29 is 14.6 Å². The van der Waals surface area contributed by atoms with Crippen LogP contribution in [0.4, 0.5) is 0 Å². The molecule has 0 bridgehead atoms. The summed E-state index contributed by atoms with van der Waals surface area (Å²) in [5.41, 5.74) is -0.104. The van der Waals surface area contributed by atoms with E-state index in [0.717, 1.165) is 25.7 Å². The van der Waals surface area contributed by atoms with Gasteiger partial charge in [-0.15, -0.1) is 0 Å². The number of ether oxygens (including phenoxy) is 1. The third-order valence-corrected chi connectivity index (χ3v) is 2.70. The van der Waals surface area contributed by atoms with Crippen LogP contribution in [0.3, 0.4) is 0 Å². The van der Waals surface area contributed by atoms with E-state index in [1.54, 1.807) is 0 Å². The third-order valence-electron chi connectivity index (χ3n) is 2.70. The molecule has 0 spiro atoms. The molecule has 0 saturated heterocycles. The molecule has 86 valence electrons. The van der Waals surface area contributed by atoms with Crippen molar-refractivity contribution in [2.45, 2.75) is 38.2 Å². The summed E-state index contributed by atoms with van der Waals surface area (Å²) in [6, 6.07) is 0. The van der Waals surface area contributed by atoms with E-state index in [1.165, 1.54) is 18.8 Å². The second kappa shape index (κ2) is 4.92. The number of carboxylic acids is 1. The molecule has 5 heteroatoms. The summed E-state index contributed by atoms with van der Waals surface area (Å²) in [5, 5.41) is 8.91. The number of hydrogen-bond donors (Lipinski definition) is 1. The highest BCUT2D eigenvalue weighted by molar-refractivity contribution is 5.87. The molecule has 0 radical (unpaired) electrons. The highest BCUT2D eigenvalue weighted by atomic mass is 16.5. The topological polar surface area (TPSA) is 72.3 Å². The summed E-state index contributed by atoms with van der Waals surface area (Å²) in [5.74, 6) is -0.958. The Balaban J connectivity index is 2.10. The molecule has 0 aromatic carbocycles. The van der Waals surface area contributed by atoms with E-state index in [-0.39, 0.29) is 17.7 Å². The van der Waals surface area contributed by atoms with Gasteiger partial charge in [-0.2, -0.15) is 0 Å². The first-order valence-electron chi connectivity index (χ1n) is 5.48. The van der Waals surface area contributed by atoms with Gasteiger partial charge in [0, 0.05) is 12.4 Å². The zero-order valence-corrected chi connectivity index (χ0v) is 8.93. The van der Waals surface area contributed by atoms with Crippen LogP contribution < -0.4 is 4.74 Å². The lowest BCUT2D eigenvalue weighted by molar-refractivity contribution is 0.0676. The summed E-state index contributed by atoms with van der Waals surface area (Å²) >= 11 is 0. The zero-order chi connectivity index (χ0) is 11.4. The molecule has 1 aromatic heterocycles. The van der Waals surface area contributed by atoms with Crippen LogP contribution in [0.15, 0.2) is 12.4 Å². The molecule has 0 atom stereocenters. The van der Waals surface area contributed by atoms with Gasteiger partial charge in [-0.25, -0.2) is 14.8 Å². The van der Waals surface area contributed by atoms with Crippen LogP contribution in [-0.2, 0) is 0 Å². The predicted octanol–water partition coefficient (Wildman–Crippen LogP) is 1.89.